The quantitative estimate of drug-likeness (QED) is 0.635. The molecule has 0 spiro atoms. The molecule has 0 saturated carbocycles. The molecule has 6 heteroatoms. The maximum Gasteiger partial charge on any atom is 0.180 e. The van der Waals surface area contributed by atoms with Gasteiger partial charge in [-0.25, -0.2) is 4.98 Å². The summed E-state index contributed by atoms with van der Waals surface area (Å²) >= 11 is 4.85. The van der Waals surface area contributed by atoms with E-state index in [1.807, 2.05) is 31.5 Å². The van der Waals surface area contributed by atoms with E-state index in [0.29, 0.717) is 5.13 Å². The van der Waals surface area contributed by atoms with Crippen LogP contribution < -0.4 is 5.73 Å². The molecule has 0 fully saturated rings. The van der Waals surface area contributed by atoms with Crippen molar-refractivity contribution in [3.63, 3.8) is 0 Å². The van der Waals surface area contributed by atoms with E-state index < -0.39 is 0 Å². The van der Waals surface area contributed by atoms with Crippen LogP contribution in [0.1, 0.15) is 13.8 Å². The molecular weight excluding hydrogens is 300 g/mol. The minimum Gasteiger partial charge on any atom is -0.375 e. The summed E-state index contributed by atoms with van der Waals surface area (Å²) in [6.45, 7) is 4.00. The smallest absolute Gasteiger partial charge is 0.180 e. The molecule has 0 aromatic carbocycles. The van der Waals surface area contributed by atoms with Gasteiger partial charge in [0.05, 0.1) is 10.3 Å². The minimum atomic E-state index is 0.592. The van der Waals surface area contributed by atoms with Gasteiger partial charge in [0.15, 0.2) is 5.13 Å². The van der Waals surface area contributed by atoms with E-state index in [-0.39, 0.29) is 0 Å². The first-order valence-corrected chi connectivity index (χ1v) is 6.98. The summed E-state index contributed by atoms with van der Waals surface area (Å²) in [6, 6.07) is 2.02. The van der Waals surface area contributed by atoms with Crippen molar-refractivity contribution in [2.24, 2.45) is 0 Å². The molecule has 0 saturated heterocycles. The van der Waals surface area contributed by atoms with Gasteiger partial charge in [0.25, 0.3) is 0 Å². The highest BCUT2D eigenvalue weighted by molar-refractivity contribution is 9.10. The second-order valence-electron chi connectivity index (χ2n) is 3.18. The molecule has 17 heavy (non-hydrogen) atoms. The molecule has 4 N–H and O–H groups in total. The van der Waals surface area contributed by atoms with Crippen LogP contribution in [0.15, 0.2) is 22.2 Å². The largest absolute Gasteiger partial charge is 0.375 e. The summed E-state index contributed by atoms with van der Waals surface area (Å²) in [7, 11) is 0. The number of fused-ring (bicyclic) bond motifs is 1. The number of hydrogen-bond donors (Lipinski definition) is 3. The fourth-order valence-corrected chi connectivity index (χ4v) is 2.58. The normalized spacial score (nSPS) is 10.3. The van der Waals surface area contributed by atoms with E-state index in [0.717, 1.165) is 26.9 Å². The molecule has 4 nitrogen and oxygen atoms in total. The van der Waals surface area contributed by atoms with Crippen LogP contribution in [0.4, 0.5) is 5.13 Å². The first kappa shape index (κ1) is 12.2. The Hall–Kier alpha value is -1.27. The molecular formula is C11H13BrN4S. The third kappa shape index (κ3) is 2.23. The van der Waals surface area contributed by atoms with Gasteiger partial charge in [0.1, 0.15) is 5.65 Å². The van der Waals surface area contributed by atoms with Crippen molar-refractivity contribution in [3.8, 4) is 11.3 Å². The van der Waals surface area contributed by atoms with Crippen molar-refractivity contribution in [1.29, 1.82) is 0 Å². The minimum absolute atomic E-state index is 0.592. The Bertz CT molecular complexity index is 622. The second kappa shape index (κ2) is 4.93. The third-order valence-electron chi connectivity index (χ3n) is 2.23. The molecule has 3 aromatic rings. The number of hydrogen-bond acceptors (Lipinski definition) is 3. The van der Waals surface area contributed by atoms with Crippen molar-refractivity contribution in [2.45, 2.75) is 13.8 Å². The maximum absolute atomic E-state index is 5.61. The lowest BCUT2D eigenvalue weighted by Gasteiger charge is -1.88. The van der Waals surface area contributed by atoms with Crippen LogP contribution in [0.25, 0.3) is 22.3 Å². The highest BCUT2D eigenvalue weighted by Crippen LogP contribution is 2.31. The number of nitrogens with zero attached hydrogens (tertiary/aromatic N) is 1. The van der Waals surface area contributed by atoms with Crippen LogP contribution in [-0.4, -0.2) is 15.0 Å². The number of thiazole rings is 1. The number of nitrogen functional groups attached to an aromatic ring is 1. The van der Waals surface area contributed by atoms with Crippen molar-refractivity contribution in [1.82, 2.24) is 15.0 Å². The van der Waals surface area contributed by atoms with Crippen molar-refractivity contribution in [2.75, 3.05) is 5.73 Å². The van der Waals surface area contributed by atoms with E-state index in [1.54, 1.807) is 0 Å². The van der Waals surface area contributed by atoms with Gasteiger partial charge in [0.2, 0.25) is 0 Å². The lowest BCUT2D eigenvalue weighted by molar-refractivity contribution is 1.32. The van der Waals surface area contributed by atoms with Crippen molar-refractivity contribution < 1.29 is 0 Å². The topological polar surface area (TPSA) is 70.5 Å². The standard InChI is InChI=1S/C9H7BrN4S.C2H6/c10-7-1-4-5(2-12-8(4)14-7)6-3-15-9(11)13-6;1-2/h1-3,12,14H,(H2,11,13);1-2H3. The number of halogens is 1. The Morgan fingerprint density at radius 2 is 2.18 bits per heavy atom. The zero-order valence-corrected chi connectivity index (χ0v) is 11.9. The highest BCUT2D eigenvalue weighted by Gasteiger charge is 2.10. The zero-order chi connectivity index (χ0) is 12.4. The van der Waals surface area contributed by atoms with Crippen LogP contribution >= 0.6 is 27.3 Å². The van der Waals surface area contributed by atoms with Gasteiger partial charge in [-0.3, -0.25) is 0 Å². The predicted octanol–water partition coefficient (Wildman–Crippen LogP) is 3.99. The summed E-state index contributed by atoms with van der Waals surface area (Å²) in [5.74, 6) is 0. The Kier molecular flexibility index (Phi) is 3.54. The van der Waals surface area contributed by atoms with E-state index in [4.69, 9.17) is 5.73 Å². The van der Waals surface area contributed by atoms with Crippen molar-refractivity contribution >= 4 is 43.4 Å². The number of nitrogens with one attached hydrogen (secondary N) is 2. The number of rotatable bonds is 1. The third-order valence-corrected chi connectivity index (χ3v) is 3.33. The molecule has 0 unspecified atom stereocenters. The zero-order valence-electron chi connectivity index (χ0n) is 9.54. The number of nitrogens with two attached hydrogens (primary N) is 1. The predicted molar refractivity (Wildman–Crippen MR) is 77.2 cm³/mol. The van der Waals surface area contributed by atoms with E-state index in [1.165, 1.54) is 11.3 Å². The fraction of sp³-hybridized carbons (Fsp3) is 0.182. The van der Waals surface area contributed by atoms with Crippen LogP contribution in [0.2, 0.25) is 0 Å². The molecule has 0 amide bonds. The average Bonchev–Trinajstić information content (AvgIpc) is 2.96. The molecule has 90 valence electrons. The summed E-state index contributed by atoms with van der Waals surface area (Å²) in [6.07, 6.45) is 1.93. The molecule has 0 aliphatic rings. The molecule has 0 bridgehead atoms. The summed E-state index contributed by atoms with van der Waals surface area (Å²) in [5, 5.41) is 3.67. The van der Waals surface area contributed by atoms with Gasteiger partial charge in [0, 0.05) is 22.5 Å². The van der Waals surface area contributed by atoms with Gasteiger partial charge in [-0.2, -0.15) is 0 Å². The molecule has 0 aliphatic heterocycles. The van der Waals surface area contributed by atoms with E-state index in [9.17, 15) is 0 Å². The SMILES string of the molecule is CC.Nc1nc(-c2c[nH]c3[nH]c(Br)cc23)cs1. The highest BCUT2D eigenvalue weighted by atomic mass is 79.9. The average molecular weight is 313 g/mol. The van der Waals surface area contributed by atoms with Crippen LogP contribution in [0.3, 0.4) is 0 Å². The van der Waals surface area contributed by atoms with Crippen LogP contribution in [-0.2, 0) is 0 Å². The summed E-state index contributed by atoms with van der Waals surface area (Å²) < 4.78 is 0.953. The monoisotopic (exact) mass is 312 g/mol. The molecule has 0 radical (unpaired) electrons. The Balaban J connectivity index is 0.000000514. The van der Waals surface area contributed by atoms with E-state index >= 15 is 0 Å². The first-order chi connectivity index (χ1) is 8.24. The molecule has 3 aromatic heterocycles. The van der Waals surface area contributed by atoms with Crippen LogP contribution in [0, 0.1) is 0 Å². The number of aromatic nitrogens is 3. The molecule has 3 rings (SSSR count). The molecule has 3 heterocycles. The molecule has 0 aliphatic carbocycles. The van der Waals surface area contributed by atoms with Crippen LogP contribution in [0.5, 0.6) is 0 Å². The Morgan fingerprint density at radius 1 is 1.41 bits per heavy atom. The molecule has 0 atom stereocenters. The fourth-order valence-electron chi connectivity index (χ4n) is 1.59. The Morgan fingerprint density at radius 3 is 2.82 bits per heavy atom. The van der Waals surface area contributed by atoms with Gasteiger partial charge >= 0.3 is 0 Å². The number of aromatic amines is 2. The van der Waals surface area contributed by atoms with Gasteiger partial charge < -0.3 is 15.7 Å². The summed E-state index contributed by atoms with van der Waals surface area (Å²) in [5.41, 5.74) is 8.59. The first-order valence-electron chi connectivity index (χ1n) is 5.31. The van der Waals surface area contributed by atoms with Gasteiger partial charge in [-0.1, -0.05) is 13.8 Å². The second-order valence-corrected chi connectivity index (χ2v) is 4.92. The van der Waals surface area contributed by atoms with E-state index in [2.05, 4.69) is 30.9 Å². The van der Waals surface area contributed by atoms with Gasteiger partial charge in [-0.05, 0) is 22.0 Å². The number of H-pyrrole nitrogens is 2. The lowest BCUT2D eigenvalue weighted by Crippen LogP contribution is -1.81. The van der Waals surface area contributed by atoms with Gasteiger partial charge in [-0.15, -0.1) is 11.3 Å². The number of anilines is 1. The Labute approximate surface area is 111 Å². The lowest BCUT2D eigenvalue weighted by atomic mass is 10.2. The van der Waals surface area contributed by atoms with Crippen molar-refractivity contribution in [3.05, 3.63) is 22.2 Å². The summed E-state index contributed by atoms with van der Waals surface area (Å²) in [4.78, 5) is 10.6. The maximum atomic E-state index is 5.61.